The number of thioether (sulfide) groups is 1. The Balaban J connectivity index is 2.03. The van der Waals surface area contributed by atoms with Crippen LogP contribution in [0.3, 0.4) is 0 Å². The number of aliphatic carboxylic acids is 1. The minimum atomic E-state index is -1.03. The Morgan fingerprint density at radius 2 is 2.25 bits per heavy atom. The van der Waals surface area contributed by atoms with E-state index in [1.54, 1.807) is 11.8 Å². The maximum atomic E-state index is 12.3. The molecule has 2 N–H and O–H groups in total. The molecular weight excluding hydrogens is 278 g/mol. The van der Waals surface area contributed by atoms with E-state index in [2.05, 4.69) is 5.32 Å². The number of carboxylic acids is 1. The minimum absolute atomic E-state index is 0.231. The molecular formula is C14H17NO4S. The molecule has 1 aromatic rings. The van der Waals surface area contributed by atoms with Gasteiger partial charge >= 0.3 is 5.97 Å². The number of fused-ring (bicyclic) bond motifs is 1. The highest BCUT2D eigenvalue weighted by atomic mass is 32.2. The second-order valence-corrected chi connectivity index (χ2v) is 5.64. The maximum Gasteiger partial charge on any atom is 0.326 e. The zero-order valence-corrected chi connectivity index (χ0v) is 12.0. The lowest BCUT2D eigenvalue weighted by Gasteiger charge is -2.17. The third-order valence-electron chi connectivity index (χ3n) is 3.24. The largest absolute Gasteiger partial charge is 0.480 e. The summed E-state index contributed by atoms with van der Waals surface area (Å²) in [5.74, 6) is -0.886. The molecule has 1 aliphatic heterocycles. The predicted molar refractivity (Wildman–Crippen MR) is 76.0 cm³/mol. The number of methoxy groups -OCH3 is 1. The Hall–Kier alpha value is -1.53. The Morgan fingerprint density at radius 3 is 2.95 bits per heavy atom. The van der Waals surface area contributed by atoms with E-state index in [0.717, 1.165) is 10.5 Å². The van der Waals surface area contributed by atoms with Crippen molar-refractivity contribution in [1.29, 1.82) is 0 Å². The van der Waals surface area contributed by atoms with Crippen molar-refractivity contribution in [2.45, 2.75) is 23.3 Å². The second kappa shape index (κ2) is 6.76. The molecule has 1 aliphatic rings. The fraction of sp³-hybridized carbons (Fsp3) is 0.429. The summed E-state index contributed by atoms with van der Waals surface area (Å²) in [7, 11) is 1.50. The quantitative estimate of drug-likeness (QED) is 0.831. The first-order valence-corrected chi connectivity index (χ1v) is 7.36. The second-order valence-electron chi connectivity index (χ2n) is 4.58. The van der Waals surface area contributed by atoms with Crippen LogP contribution in [-0.4, -0.2) is 42.5 Å². The summed E-state index contributed by atoms with van der Waals surface area (Å²) in [4.78, 5) is 24.5. The van der Waals surface area contributed by atoms with Gasteiger partial charge in [-0.05, 0) is 11.6 Å². The summed E-state index contributed by atoms with van der Waals surface area (Å²) in [5.41, 5.74) is 0.978. The molecule has 0 saturated carbocycles. The first-order chi connectivity index (χ1) is 9.63. The van der Waals surface area contributed by atoms with E-state index in [1.165, 1.54) is 7.11 Å². The fourth-order valence-corrected chi connectivity index (χ4v) is 3.37. The molecule has 2 atom stereocenters. The van der Waals surface area contributed by atoms with Crippen molar-refractivity contribution < 1.29 is 19.4 Å². The van der Waals surface area contributed by atoms with Crippen molar-refractivity contribution in [3.05, 3.63) is 29.8 Å². The molecule has 2 unspecified atom stereocenters. The van der Waals surface area contributed by atoms with Crippen LogP contribution in [0.4, 0.5) is 0 Å². The highest BCUT2D eigenvalue weighted by Gasteiger charge is 2.31. The van der Waals surface area contributed by atoms with Crippen LogP contribution in [0.2, 0.25) is 0 Å². The number of carbonyl (C=O) groups excluding carboxylic acids is 1. The van der Waals surface area contributed by atoms with Crippen molar-refractivity contribution >= 4 is 23.6 Å². The van der Waals surface area contributed by atoms with Crippen LogP contribution >= 0.6 is 11.8 Å². The Morgan fingerprint density at radius 1 is 1.50 bits per heavy atom. The number of amides is 1. The third-order valence-corrected chi connectivity index (χ3v) is 4.42. The summed E-state index contributed by atoms with van der Waals surface area (Å²) in [6, 6.07) is 6.83. The lowest BCUT2D eigenvalue weighted by molar-refractivity contribution is -0.142. The number of hydrogen-bond acceptors (Lipinski definition) is 4. The molecule has 1 amide bonds. The Bertz CT molecular complexity index is 506. The molecule has 0 fully saturated rings. The average Bonchev–Trinajstić information content (AvgIpc) is 2.87. The summed E-state index contributed by atoms with van der Waals surface area (Å²) >= 11 is 1.62. The lowest BCUT2D eigenvalue weighted by Crippen LogP contribution is -2.43. The van der Waals surface area contributed by atoms with E-state index < -0.39 is 12.0 Å². The van der Waals surface area contributed by atoms with Crippen LogP contribution in [0, 0.1) is 0 Å². The molecule has 5 nitrogen and oxygen atoms in total. The molecule has 20 heavy (non-hydrogen) atoms. The third kappa shape index (κ3) is 3.32. The number of hydrogen-bond donors (Lipinski definition) is 2. The zero-order valence-electron chi connectivity index (χ0n) is 11.2. The van der Waals surface area contributed by atoms with Crippen LogP contribution in [0.5, 0.6) is 0 Å². The van der Waals surface area contributed by atoms with Gasteiger partial charge < -0.3 is 15.2 Å². The van der Waals surface area contributed by atoms with E-state index in [4.69, 9.17) is 9.84 Å². The Labute approximate surface area is 121 Å². The molecule has 1 heterocycles. The number of benzene rings is 1. The first-order valence-electron chi connectivity index (χ1n) is 6.37. The van der Waals surface area contributed by atoms with Crippen molar-refractivity contribution in [1.82, 2.24) is 5.32 Å². The normalized spacial score (nSPS) is 18.4. The maximum absolute atomic E-state index is 12.3. The molecule has 0 spiro atoms. The van der Waals surface area contributed by atoms with Gasteiger partial charge in [0.1, 0.15) is 6.04 Å². The summed E-state index contributed by atoms with van der Waals surface area (Å²) in [5, 5.41) is 11.7. The number of nitrogens with one attached hydrogen (secondary N) is 1. The van der Waals surface area contributed by atoms with Gasteiger partial charge in [0.15, 0.2) is 0 Å². The topological polar surface area (TPSA) is 75.6 Å². The molecule has 0 aromatic heterocycles. The highest BCUT2D eigenvalue weighted by molar-refractivity contribution is 7.99. The van der Waals surface area contributed by atoms with Gasteiger partial charge in [-0.2, -0.15) is 0 Å². The number of rotatable bonds is 6. The van der Waals surface area contributed by atoms with Crippen LogP contribution in [0.1, 0.15) is 17.9 Å². The molecule has 0 bridgehead atoms. The molecule has 0 radical (unpaired) electrons. The van der Waals surface area contributed by atoms with Gasteiger partial charge in [-0.3, -0.25) is 4.79 Å². The molecule has 108 valence electrons. The van der Waals surface area contributed by atoms with E-state index in [9.17, 15) is 9.59 Å². The van der Waals surface area contributed by atoms with Gasteiger partial charge in [-0.1, -0.05) is 18.2 Å². The van der Waals surface area contributed by atoms with E-state index in [0.29, 0.717) is 12.4 Å². The van der Waals surface area contributed by atoms with Crippen molar-refractivity contribution in [3.63, 3.8) is 0 Å². The average molecular weight is 295 g/mol. The van der Waals surface area contributed by atoms with E-state index in [-0.39, 0.29) is 18.2 Å². The SMILES string of the molecule is COCCC(NC(=O)C1CSc2ccccc21)C(=O)O. The van der Waals surface area contributed by atoms with Gasteiger partial charge in [0, 0.05) is 30.8 Å². The van der Waals surface area contributed by atoms with Crippen LogP contribution < -0.4 is 5.32 Å². The fourth-order valence-electron chi connectivity index (χ4n) is 2.15. The number of ether oxygens (including phenoxy) is 1. The summed E-state index contributed by atoms with van der Waals surface area (Å²) in [6.07, 6.45) is 0.263. The number of carbonyl (C=O) groups is 2. The van der Waals surface area contributed by atoms with Gasteiger partial charge in [-0.15, -0.1) is 11.8 Å². The van der Waals surface area contributed by atoms with Gasteiger partial charge in [0.2, 0.25) is 5.91 Å². The van der Waals surface area contributed by atoms with Gasteiger partial charge in [0.05, 0.1) is 5.92 Å². The van der Waals surface area contributed by atoms with Crippen LogP contribution in [0.15, 0.2) is 29.2 Å². The zero-order chi connectivity index (χ0) is 14.5. The minimum Gasteiger partial charge on any atom is -0.480 e. The molecule has 2 rings (SSSR count). The smallest absolute Gasteiger partial charge is 0.326 e. The van der Waals surface area contributed by atoms with Crippen molar-refractivity contribution in [2.24, 2.45) is 0 Å². The van der Waals surface area contributed by atoms with Crippen molar-refractivity contribution in [2.75, 3.05) is 19.5 Å². The summed E-state index contributed by atoms with van der Waals surface area (Å²) in [6.45, 7) is 0.299. The molecule has 6 heteroatoms. The van der Waals surface area contributed by atoms with E-state index >= 15 is 0 Å². The first kappa shape index (κ1) is 14.9. The molecule has 1 aromatic carbocycles. The Kier molecular flexibility index (Phi) is 5.03. The van der Waals surface area contributed by atoms with E-state index in [1.807, 2.05) is 24.3 Å². The monoisotopic (exact) mass is 295 g/mol. The van der Waals surface area contributed by atoms with Crippen LogP contribution in [-0.2, 0) is 14.3 Å². The highest BCUT2D eigenvalue weighted by Crippen LogP contribution is 2.39. The molecule has 0 saturated heterocycles. The molecule has 0 aliphatic carbocycles. The summed E-state index contributed by atoms with van der Waals surface area (Å²) < 4.78 is 4.87. The predicted octanol–water partition coefficient (Wildman–Crippen LogP) is 1.48. The van der Waals surface area contributed by atoms with Crippen molar-refractivity contribution in [3.8, 4) is 0 Å². The lowest BCUT2D eigenvalue weighted by atomic mass is 10.00. The van der Waals surface area contributed by atoms with Gasteiger partial charge in [-0.25, -0.2) is 4.79 Å². The number of carboxylic acid groups (broad SMARTS) is 1. The van der Waals surface area contributed by atoms with Gasteiger partial charge in [0.25, 0.3) is 0 Å². The van der Waals surface area contributed by atoms with Crippen LogP contribution in [0.25, 0.3) is 0 Å². The standard InChI is InChI=1S/C14H17NO4S/c1-19-7-6-11(14(17)18)15-13(16)10-8-20-12-5-3-2-4-9(10)12/h2-5,10-11H,6-8H2,1H3,(H,15,16)(H,17,18).